The minimum Gasteiger partial charge on any atom is -0.354 e. The Labute approximate surface area is 231 Å². The van der Waals surface area contributed by atoms with E-state index >= 15 is 0 Å². The molecule has 0 bridgehead atoms. The second-order valence-electron chi connectivity index (χ2n) is 7.98. The molecule has 186 valence electrons. The fraction of sp³-hybridized carbons (Fsp3) is 0.167. The summed E-state index contributed by atoms with van der Waals surface area (Å²) in [5, 5.41) is 8.82. The first-order chi connectivity index (χ1) is 17.0. The largest absolute Gasteiger partial charge is 0.354 e. The number of benzene rings is 2. The quantitative estimate of drug-likeness (QED) is 0.301. The van der Waals surface area contributed by atoms with Gasteiger partial charge in [-0.3, -0.25) is 14.4 Å². The molecule has 4 rings (SSSR count). The number of alkyl halides is 2. The summed E-state index contributed by atoms with van der Waals surface area (Å²) in [5.74, 6) is -2.62. The average molecular weight is 587 g/mol. The molecular weight excluding hydrogens is 570 g/mol. The first kappa shape index (κ1) is 26.5. The highest BCUT2D eigenvalue weighted by molar-refractivity contribution is 6.53. The lowest BCUT2D eigenvalue weighted by molar-refractivity contribution is -0.117. The van der Waals surface area contributed by atoms with Gasteiger partial charge in [0.2, 0.25) is 5.91 Å². The number of nitrogens with one attached hydrogen (secondary N) is 3. The van der Waals surface area contributed by atoms with Crippen LogP contribution in [-0.4, -0.2) is 34.1 Å². The molecule has 1 fully saturated rings. The van der Waals surface area contributed by atoms with Gasteiger partial charge >= 0.3 is 0 Å². The van der Waals surface area contributed by atoms with Crippen LogP contribution in [0.2, 0.25) is 15.1 Å². The van der Waals surface area contributed by atoms with Crippen LogP contribution in [0.5, 0.6) is 0 Å². The molecule has 7 nitrogen and oxygen atoms in total. The molecule has 1 aromatic heterocycles. The highest BCUT2D eigenvalue weighted by atomic mass is 35.5. The Morgan fingerprint density at radius 1 is 0.861 bits per heavy atom. The van der Waals surface area contributed by atoms with Crippen LogP contribution >= 0.6 is 58.0 Å². The zero-order chi connectivity index (χ0) is 26.2. The van der Waals surface area contributed by atoms with Crippen molar-refractivity contribution in [3.8, 4) is 0 Å². The Morgan fingerprint density at radius 2 is 1.53 bits per heavy atom. The summed E-state index contributed by atoms with van der Waals surface area (Å²) in [6.45, 7) is 0. The van der Waals surface area contributed by atoms with Gasteiger partial charge in [-0.15, -0.1) is 23.2 Å². The van der Waals surface area contributed by atoms with Crippen molar-refractivity contribution in [1.82, 2.24) is 10.3 Å². The van der Waals surface area contributed by atoms with E-state index in [2.05, 4.69) is 20.9 Å². The van der Waals surface area contributed by atoms with Crippen LogP contribution in [0.25, 0.3) is 0 Å². The van der Waals surface area contributed by atoms with Crippen molar-refractivity contribution in [1.29, 1.82) is 0 Å². The van der Waals surface area contributed by atoms with Gasteiger partial charge in [0, 0.05) is 28.7 Å². The molecule has 2 atom stereocenters. The molecule has 3 aromatic rings. The van der Waals surface area contributed by atoms with Crippen molar-refractivity contribution in [3.05, 3.63) is 86.6 Å². The van der Waals surface area contributed by atoms with Gasteiger partial charge in [0.05, 0.1) is 28.4 Å². The van der Waals surface area contributed by atoms with E-state index in [1.54, 1.807) is 24.3 Å². The van der Waals surface area contributed by atoms with Crippen molar-refractivity contribution in [3.63, 3.8) is 0 Å². The second-order valence-corrected chi connectivity index (χ2v) is 10.7. The smallest absolute Gasteiger partial charge is 0.269 e. The van der Waals surface area contributed by atoms with Crippen molar-refractivity contribution in [2.75, 3.05) is 17.7 Å². The van der Waals surface area contributed by atoms with Crippen LogP contribution in [0.1, 0.15) is 32.3 Å². The number of hydrogen-bond acceptors (Lipinski definition) is 4. The van der Waals surface area contributed by atoms with Gasteiger partial charge in [-0.2, -0.15) is 0 Å². The summed E-state index contributed by atoms with van der Waals surface area (Å²) >= 11 is 31.2. The number of pyridine rings is 1. The molecule has 1 aliphatic carbocycles. The highest BCUT2D eigenvalue weighted by Gasteiger charge is 2.67. The van der Waals surface area contributed by atoms with Crippen molar-refractivity contribution < 1.29 is 14.4 Å². The molecule has 1 heterocycles. The number of carbonyl (C=O) groups excluding carboxylic acids is 3. The number of aromatic nitrogens is 1. The van der Waals surface area contributed by atoms with Crippen molar-refractivity contribution in [2.45, 2.75) is 10.3 Å². The number of amides is 3. The monoisotopic (exact) mass is 584 g/mol. The summed E-state index contributed by atoms with van der Waals surface area (Å²) in [5.41, 5.74) is 1.63. The Kier molecular flexibility index (Phi) is 7.69. The van der Waals surface area contributed by atoms with Crippen LogP contribution in [-0.2, 0) is 4.79 Å². The van der Waals surface area contributed by atoms with Crippen molar-refractivity contribution in [2.24, 2.45) is 5.92 Å². The van der Waals surface area contributed by atoms with E-state index in [1.165, 1.54) is 37.5 Å². The summed E-state index contributed by atoms with van der Waals surface area (Å²) in [4.78, 5) is 41.4. The molecule has 0 radical (unpaired) electrons. The predicted molar refractivity (Wildman–Crippen MR) is 143 cm³/mol. The third kappa shape index (κ3) is 5.56. The fourth-order valence-corrected chi connectivity index (χ4v) is 5.32. The Hall–Kier alpha value is -2.55. The Bertz CT molecular complexity index is 1340. The number of anilines is 2. The van der Waals surface area contributed by atoms with E-state index in [4.69, 9.17) is 58.0 Å². The molecule has 12 heteroatoms. The minimum atomic E-state index is -1.35. The minimum absolute atomic E-state index is 0.113. The van der Waals surface area contributed by atoms with E-state index in [-0.39, 0.29) is 22.2 Å². The average Bonchev–Trinajstić information content (AvgIpc) is 3.41. The molecule has 3 amide bonds. The van der Waals surface area contributed by atoms with E-state index in [0.717, 1.165) is 0 Å². The highest BCUT2D eigenvalue weighted by Crippen LogP contribution is 2.65. The molecule has 2 aromatic carbocycles. The van der Waals surface area contributed by atoms with E-state index in [9.17, 15) is 14.4 Å². The van der Waals surface area contributed by atoms with Gasteiger partial charge in [-0.25, -0.2) is 4.98 Å². The molecule has 1 aliphatic rings. The lowest BCUT2D eigenvalue weighted by atomic mass is 10.1. The zero-order valence-corrected chi connectivity index (χ0v) is 22.2. The molecule has 0 aliphatic heterocycles. The number of rotatable bonds is 6. The SMILES string of the molecule is CNC(=O)c1ccc(NC(=O)c2cc(NC(=O)C3C(c4cc(Cl)cc(Cl)c4)C3(Cl)Cl)ccc2Cl)cn1. The first-order valence-corrected chi connectivity index (χ1v) is 12.3. The van der Waals surface area contributed by atoms with Crippen LogP contribution in [0.4, 0.5) is 11.4 Å². The maximum absolute atomic E-state index is 13.0. The van der Waals surface area contributed by atoms with Gasteiger partial charge in [-0.05, 0) is 54.1 Å². The summed E-state index contributed by atoms with van der Waals surface area (Å²) < 4.78 is -1.35. The van der Waals surface area contributed by atoms with E-state index in [0.29, 0.717) is 27.0 Å². The van der Waals surface area contributed by atoms with Gasteiger partial charge < -0.3 is 16.0 Å². The molecule has 2 unspecified atom stereocenters. The van der Waals surface area contributed by atoms with Crippen LogP contribution in [0.15, 0.2) is 54.7 Å². The number of halogens is 5. The zero-order valence-electron chi connectivity index (χ0n) is 18.4. The normalized spacial score (nSPS) is 17.7. The summed E-state index contributed by atoms with van der Waals surface area (Å²) in [7, 11) is 1.49. The van der Waals surface area contributed by atoms with Gasteiger partial charge in [-0.1, -0.05) is 34.8 Å². The van der Waals surface area contributed by atoms with Crippen LogP contribution in [0.3, 0.4) is 0 Å². The second kappa shape index (κ2) is 10.4. The molecule has 36 heavy (non-hydrogen) atoms. The lowest BCUT2D eigenvalue weighted by Gasteiger charge is -2.10. The number of hydrogen-bond donors (Lipinski definition) is 3. The van der Waals surface area contributed by atoms with Gasteiger partial charge in [0.15, 0.2) is 0 Å². The summed E-state index contributed by atoms with van der Waals surface area (Å²) in [6, 6.07) is 12.3. The Morgan fingerprint density at radius 3 is 2.14 bits per heavy atom. The molecule has 1 saturated carbocycles. The Balaban J connectivity index is 1.48. The van der Waals surface area contributed by atoms with E-state index < -0.39 is 28.0 Å². The molecule has 3 N–H and O–H groups in total. The number of nitrogens with zero attached hydrogens (tertiary/aromatic N) is 1. The van der Waals surface area contributed by atoms with Gasteiger partial charge in [0.1, 0.15) is 10.0 Å². The third-order valence-electron chi connectivity index (χ3n) is 5.54. The molecule has 0 saturated heterocycles. The van der Waals surface area contributed by atoms with E-state index in [1.807, 2.05) is 0 Å². The van der Waals surface area contributed by atoms with Crippen molar-refractivity contribution >= 4 is 87.1 Å². The summed E-state index contributed by atoms with van der Waals surface area (Å²) in [6.07, 6.45) is 1.35. The maximum atomic E-state index is 13.0. The fourth-order valence-electron chi connectivity index (χ4n) is 3.75. The lowest BCUT2D eigenvalue weighted by Crippen LogP contribution is -2.19. The maximum Gasteiger partial charge on any atom is 0.269 e. The molecule has 0 spiro atoms. The van der Waals surface area contributed by atoms with Gasteiger partial charge in [0.25, 0.3) is 11.8 Å². The standard InChI is InChI=1S/C24H17Cl5N4O3/c1-30-22(35)18-5-3-15(10-31-18)33-21(34)16-9-14(2-4-17(16)27)32-23(36)20-19(24(20,28)29)11-6-12(25)8-13(26)7-11/h2-10,19-20H,1H3,(H,30,35)(H,32,36)(H,33,34). The van der Waals surface area contributed by atoms with Crippen LogP contribution < -0.4 is 16.0 Å². The molecular formula is C24H17Cl5N4O3. The van der Waals surface area contributed by atoms with Crippen LogP contribution in [0, 0.1) is 5.92 Å². The predicted octanol–water partition coefficient (Wildman–Crippen LogP) is 6.18. The first-order valence-electron chi connectivity index (χ1n) is 10.4. The third-order valence-corrected chi connectivity index (χ3v) is 7.25. The number of carbonyl (C=O) groups is 3. The topological polar surface area (TPSA) is 100 Å².